The predicted molar refractivity (Wildman–Crippen MR) is 211 cm³/mol. The van der Waals surface area contributed by atoms with Crippen LogP contribution in [0.1, 0.15) is 61.0 Å². The number of hydrogen-bond acceptors (Lipinski definition) is 11. The Hall–Kier alpha value is -7.55. The molecule has 0 aliphatic carbocycles. The lowest BCUT2D eigenvalue weighted by Crippen LogP contribution is -2.27. The molecule has 1 atom stereocenters. The number of imidazole rings is 1. The van der Waals surface area contributed by atoms with Gasteiger partial charge < -0.3 is 59.8 Å². The minimum absolute atomic E-state index is 0.0484. The Bertz CT molecular complexity index is 2650. The highest BCUT2D eigenvalue weighted by Crippen LogP contribution is 2.32. The molecule has 0 saturated heterocycles. The SMILES string of the molecule is Cn1cc(NC(=O)c2cc(NC(=O)c3cc(NC(=O)c4cccn4C)cn3C)cn2C)cc1C(=O)NCCCNc1nc2c(ncn2[C@H]2CC(O)=C(CO)O2)c(=O)[nH]1. The van der Waals surface area contributed by atoms with Gasteiger partial charge in [0.2, 0.25) is 5.95 Å². The summed E-state index contributed by atoms with van der Waals surface area (Å²) in [5.74, 6) is -1.46. The molecule has 0 bridgehead atoms. The monoisotopic (exact) mass is 795 g/mol. The summed E-state index contributed by atoms with van der Waals surface area (Å²) in [5.41, 5.74) is 2.34. The van der Waals surface area contributed by atoms with Crippen molar-refractivity contribution in [1.29, 1.82) is 0 Å². The number of anilines is 4. The topological polar surface area (TPSA) is 261 Å². The Morgan fingerprint density at radius 2 is 1.40 bits per heavy atom. The van der Waals surface area contributed by atoms with E-state index in [-0.39, 0.29) is 64.8 Å². The van der Waals surface area contributed by atoms with E-state index < -0.39 is 30.2 Å². The molecule has 0 saturated carbocycles. The number of aromatic nitrogens is 8. The number of aliphatic hydroxyl groups is 2. The Kier molecular flexibility index (Phi) is 10.6. The minimum Gasteiger partial charge on any atom is -0.508 e. The van der Waals surface area contributed by atoms with E-state index in [2.05, 4.69) is 41.5 Å². The van der Waals surface area contributed by atoms with Crippen LogP contribution in [0.5, 0.6) is 0 Å². The number of ether oxygens (including phenoxy) is 1. The number of aryl methyl sites for hydroxylation is 4. The predicted octanol–water partition coefficient (Wildman–Crippen LogP) is 2.14. The Morgan fingerprint density at radius 1 is 0.828 bits per heavy atom. The zero-order chi connectivity index (χ0) is 41.2. The first-order valence-corrected chi connectivity index (χ1v) is 18.0. The first-order valence-electron chi connectivity index (χ1n) is 18.0. The van der Waals surface area contributed by atoms with E-state index in [1.54, 1.807) is 95.5 Å². The van der Waals surface area contributed by atoms with E-state index in [4.69, 9.17) is 4.74 Å². The van der Waals surface area contributed by atoms with E-state index in [0.717, 1.165) is 0 Å². The molecule has 0 unspecified atom stereocenters. The van der Waals surface area contributed by atoms with Crippen LogP contribution in [-0.4, -0.2) is 91.3 Å². The first kappa shape index (κ1) is 38.7. The molecule has 21 nitrogen and oxygen atoms in total. The molecule has 7 rings (SSSR count). The zero-order valence-corrected chi connectivity index (χ0v) is 31.9. The van der Waals surface area contributed by atoms with Gasteiger partial charge in [-0.2, -0.15) is 4.98 Å². The maximum absolute atomic E-state index is 13.3. The van der Waals surface area contributed by atoms with E-state index in [1.165, 1.54) is 17.0 Å². The van der Waals surface area contributed by atoms with Gasteiger partial charge in [-0.15, -0.1) is 0 Å². The Morgan fingerprint density at radius 3 is 1.93 bits per heavy atom. The number of H-pyrrole nitrogens is 1. The van der Waals surface area contributed by atoms with Gasteiger partial charge in [0.15, 0.2) is 23.2 Å². The van der Waals surface area contributed by atoms with Gasteiger partial charge in [0, 0.05) is 66.1 Å². The number of hydrogen-bond donors (Lipinski definition) is 8. The maximum atomic E-state index is 13.3. The van der Waals surface area contributed by atoms with Gasteiger partial charge in [-0.1, -0.05) is 0 Å². The molecule has 6 aromatic rings. The molecule has 1 aliphatic heterocycles. The largest absolute Gasteiger partial charge is 0.508 e. The van der Waals surface area contributed by atoms with Crippen molar-refractivity contribution in [1.82, 2.24) is 43.1 Å². The zero-order valence-electron chi connectivity index (χ0n) is 31.9. The molecule has 8 N–H and O–H groups in total. The summed E-state index contributed by atoms with van der Waals surface area (Å²) in [6, 6.07) is 8.07. The lowest BCUT2D eigenvalue weighted by atomic mass is 10.3. The van der Waals surface area contributed by atoms with Gasteiger partial charge in [0.05, 0.1) is 23.5 Å². The summed E-state index contributed by atoms with van der Waals surface area (Å²) < 4.78 is 13.5. The van der Waals surface area contributed by atoms with Crippen LogP contribution < -0.4 is 32.1 Å². The second-order valence-electron chi connectivity index (χ2n) is 13.6. The average Bonchev–Trinajstić information content (AvgIpc) is 4.04. The highest BCUT2D eigenvalue weighted by molar-refractivity contribution is 6.08. The fourth-order valence-electron chi connectivity index (χ4n) is 6.50. The molecular formula is C37H41N13O8. The van der Waals surface area contributed by atoms with E-state index in [0.29, 0.717) is 41.4 Å². The van der Waals surface area contributed by atoms with Crippen molar-refractivity contribution >= 4 is 57.8 Å². The summed E-state index contributed by atoms with van der Waals surface area (Å²) in [7, 11) is 6.77. The third kappa shape index (κ3) is 7.91. The number of nitrogens with zero attached hydrogens (tertiary/aromatic N) is 7. The highest BCUT2D eigenvalue weighted by Gasteiger charge is 2.29. The fraction of sp³-hybridized carbons (Fsp3) is 0.270. The van der Waals surface area contributed by atoms with Gasteiger partial charge in [-0.25, -0.2) is 4.98 Å². The van der Waals surface area contributed by atoms with E-state index in [1.807, 2.05) is 0 Å². The van der Waals surface area contributed by atoms with E-state index >= 15 is 0 Å². The number of amides is 4. The fourth-order valence-corrected chi connectivity index (χ4v) is 6.50. The van der Waals surface area contributed by atoms with Crippen molar-refractivity contribution < 1.29 is 34.1 Å². The lowest BCUT2D eigenvalue weighted by molar-refractivity contribution is 0.0656. The first-order chi connectivity index (χ1) is 27.8. The number of fused-ring (bicyclic) bond motifs is 1. The number of carbonyl (C=O) groups is 4. The van der Waals surface area contributed by atoms with Gasteiger partial charge in [-0.3, -0.25) is 33.5 Å². The number of rotatable bonds is 14. The van der Waals surface area contributed by atoms with Crippen LogP contribution in [0.3, 0.4) is 0 Å². The Labute approximate surface area is 328 Å². The summed E-state index contributed by atoms with van der Waals surface area (Å²) in [6.45, 7) is 0.150. The van der Waals surface area contributed by atoms with Crippen LogP contribution >= 0.6 is 0 Å². The van der Waals surface area contributed by atoms with Gasteiger partial charge in [-0.05, 0) is 36.8 Å². The third-order valence-corrected chi connectivity index (χ3v) is 9.45. The molecule has 0 fully saturated rings. The molecule has 0 spiro atoms. The second-order valence-corrected chi connectivity index (χ2v) is 13.6. The van der Waals surface area contributed by atoms with Crippen molar-refractivity contribution in [3.63, 3.8) is 0 Å². The quantitative estimate of drug-likeness (QED) is 0.0741. The molecule has 302 valence electrons. The van der Waals surface area contributed by atoms with Crippen LogP contribution in [0.4, 0.5) is 23.0 Å². The maximum Gasteiger partial charge on any atom is 0.280 e. The molecule has 58 heavy (non-hydrogen) atoms. The lowest BCUT2D eigenvalue weighted by Gasteiger charge is -2.14. The van der Waals surface area contributed by atoms with Crippen molar-refractivity contribution in [2.45, 2.75) is 19.1 Å². The third-order valence-electron chi connectivity index (χ3n) is 9.45. The van der Waals surface area contributed by atoms with E-state index in [9.17, 15) is 34.2 Å². The molecule has 1 aliphatic rings. The summed E-state index contributed by atoms with van der Waals surface area (Å²) in [5, 5.41) is 33.6. The summed E-state index contributed by atoms with van der Waals surface area (Å²) in [6.07, 6.45) is 7.79. The molecule has 0 aromatic carbocycles. The summed E-state index contributed by atoms with van der Waals surface area (Å²) >= 11 is 0. The normalized spacial score (nSPS) is 13.8. The summed E-state index contributed by atoms with van der Waals surface area (Å²) in [4.78, 5) is 75.9. The standard InChI is InChI=1S/C37H41N13O8/c1-46-10-5-7-23(46)33(54)41-21-12-25(48(3)16-21)35(56)43-22-13-26(49(4)17-22)34(55)42-20-11-24(47(2)15-20)32(53)38-8-6-9-39-37-44-31-30(36(57)45-37)40-19-50(31)29-14-27(52)28(18-51)58-29/h5,7,10-13,15-17,19,29,51-52H,6,8-9,14,18H2,1-4H3,(H,38,53)(H,41,54)(H,42,55)(H,43,56)(H2,39,44,45,57)/t29-/m1/s1. The molecule has 4 amide bonds. The number of aromatic amines is 1. The van der Waals surface area contributed by atoms with Crippen LogP contribution in [0.2, 0.25) is 0 Å². The van der Waals surface area contributed by atoms with Crippen molar-refractivity contribution in [2.75, 3.05) is 41.0 Å². The molecule has 6 aromatic heterocycles. The number of carbonyl (C=O) groups excluding carboxylic acids is 4. The van der Waals surface area contributed by atoms with Crippen molar-refractivity contribution in [3.05, 3.63) is 106 Å². The second kappa shape index (κ2) is 15.9. The van der Waals surface area contributed by atoms with Gasteiger partial charge in [0.1, 0.15) is 41.5 Å². The van der Waals surface area contributed by atoms with Crippen LogP contribution in [0, 0.1) is 0 Å². The Balaban J connectivity index is 0.893. The number of nitrogens with one attached hydrogen (secondary N) is 6. The minimum atomic E-state index is -0.721. The average molecular weight is 796 g/mol. The smallest absolute Gasteiger partial charge is 0.280 e. The van der Waals surface area contributed by atoms with Crippen LogP contribution in [-0.2, 0) is 32.9 Å². The van der Waals surface area contributed by atoms with Crippen LogP contribution in [0.15, 0.2) is 77.8 Å². The highest BCUT2D eigenvalue weighted by atomic mass is 16.5. The molecule has 0 radical (unpaired) electrons. The molecular weight excluding hydrogens is 754 g/mol. The van der Waals surface area contributed by atoms with Crippen molar-refractivity contribution in [3.8, 4) is 0 Å². The van der Waals surface area contributed by atoms with Gasteiger partial charge in [0.25, 0.3) is 29.2 Å². The van der Waals surface area contributed by atoms with Crippen LogP contribution in [0.25, 0.3) is 11.2 Å². The molecule has 7 heterocycles. The number of aliphatic hydroxyl groups excluding tert-OH is 2. The molecule has 21 heteroatoms. The van der Waals surface area contributed by atoms with Gasteiger partial charge >= 0.3 is 0 Å². The van der Waals surface area contributed by atoms with Crippen molar-refractivity contribution in [2.24, 2.45) is 28.2 Å².